The van der Waals surface area contributed by atoms with Gasteiger partial charge in [-0.3, -0.25) is 0 Å². The number of aromatic hydroxyl groups is 1. The molecule has 3 N–H and O–H groups in total. The van der Waals surface area contributed by atoms with Crippen molar-refractivity contribution in [2.45, 2.75) is 32.4 Å². The van der Waals surface area contributed by atoms with E-state index in [1.165, 1.54) is 0 Å². The lowest BCUT2D eigenvalue weighted by Gasteiger charge is -2.17. The number of phenolic OH excluding ortho intramolecular Hbond substituents is 1. The van der Waals surface area contributed by atoms with Gasteiger partial charge in [-0.05, 0) is 25.8 Å². The van der Waals surface area contributed by atoms with Gasteiger partial charge >= 0.3 is 0 Å². The van der Waals surface area contributed by atoms with Gasteiger partial charge in [-0.2, -0.15) is 0 Å². The van der Waals surface area contributed by atoms with Crippen LogP contribution in [0.1, 0.15) is 25.3 Å². The van der Waals surface area contributed by atoms with E-state index in [-0.39, 0.29) is 29.7 Å². The predicted molar refractivity (Wildman–Crippen MR) is 100 cm³/mol. The summed E-state index contributed by atoms with van der Waals surface area (Å²) in [6.07, 6.45) is 6.40. The third-order valence-electron chi connectivity index (χ3n) is 3.40. The minimum atomic E-state index is 0. The van der Waals surface area contributed by atoms with E-state index in [4.69, 9.17) is 4.74 Å². The number of hydrogen-bond acceptors (Lipinski definition) is 3. The normalized spacial score (nSPS) is 14.5. The van der Waals surface area contributed by atoms with Gasteiger partial charge in [0, 0.05) is 18.2 Å². The Bertz CT molecular complexity index is 524. The number of phenols is 1. The summed E-state index contributed by atoms with van der Waals surface area (Å²) in [5, 5.41) is 16.7. The molecule has 0 saturated carbocycles. The molecule has 0 saturated heterocycles. The molecule has 0 bridgehead atoms. The van der Waals surface area contributed by atoms with E-state index in [0.29, 0.717) is 18.3 Å². The molecular formula is C16H24IN3O2. The third-order valence-corrected chi connectivity index (χ3v) is 3.40. The van der Waals surface area contributed by atoms with E-state index in [0.717, 1.165) is 30.9 Å². The fourth-order valence-corrected chi connectivity index (χ4v) is 2.27. The van der Waals surface area contributed by atoms with Crippen molar-refractivity contribution >= 4 is 29.9 Å². The lowest BCUT2D eigenvalue weighted by atomic mass is 10.2. The molecule has 1 aliphatic rings. The van der Waals surface area contributed by atoms with Crippen LogP contribution in [-0.2, 0) is 6.54 Å². The quantitative estimate of drug-likeness (QED) is 0.299. The minimum absolute atomic E-state index is 0. The molecule has 0 spiro atoms. The molecule has 2 rings (SSSR count). The topological polar surface area (TPSA) is 65.9 Å². The lowest BCUT2D eigenvalue weighted by molar-refractivity contribution is 0.370. The maximum Gasteiger partial charge on any atom is 0.191 e. The van der Waals surface area contributed by atoms with Gasteiger partial charge in [0.2, 0.25) is 0 Å². The Morgan fingerprint density at radius 3 is 2.73 bits per heavy atom. The van der Waals surface area contributed by atoms with Crippen LogP contribution in [0.25, 0.3) is 0 Å². The SMILES string of the molecule is CCNC(=NCc1cccc(OC)c1O)NC1CC=CC1.I. The Labute approximate surface area is 148 Å². The number of rotatable bonds is 5. The molecule has 0 radical (unpaired) electrons. The van der Waals surface area contributed by atoms with Gasteiger partial charge in [-0.15, -0.1) is 24.0 Å². The van der Waals surface area contributed by atoms with Crippen LogP contribution in [-0.4, -0.2) is 30.8 Å². The standard InChI is InChI=1S/C16H23N3O2.HI/c1-3-17-16(19-13-8-4-5-9-13)18-11-12-7-6-10-14(21-2)15(12)20;/h4-7,10,13,20H,3,8-9,11H2,1-2H3,(H2,17,18,19);1H. The van der Waals surface area contributed by atoms with E-state index >= 15 is 0 Å². The van der Waals surface area contributed by atoms with E-state index < -0.39 is 0 Å². The molecule has 122 valence electrons. The zero-order valence-electron chi connectivity index (χ0n) is 13.0. The fraction of sp³-hybridized carbons (Fsp3) is 0.438. The van der Waals surface area contributed by atoms with Gasteiger partial charge in [-0.25, -0.2) is 4.99 Å². The molecule has 5 nitrogen and oxygen atoms in total. The highest BCUT2D eigenvalue weighted by molar-refractivity contribution is 14.0. The number of methoxy groups -OCH3 is 1. The number of halogens is 1. The van der Waals surface area contributed by atoms with E-state index in [2.05, 4.69) is 27.8 Å². The highest BCUT2D eigenvalue weighted by atomic mass is 127. The molecule has 0 unspecified atom stereocenters. The second-order valence-electron chi connectivity index (χ2n) is 4.95. The smallest absolute Gasteiger partial charge is 0.191 e. The summed E-state index contributed by atoms with van der Waals surface area (Å²) in [5.41, 5.74) is 0.746. The number of nitrogens with one attached hydrogen (secondary N) is 2. The number of hydrogen-bond donors (Lipinski definition) is 3. The first-order valence-electron chi connectivity index (χ1n) is 7.29. The predicted octanol–water partition coefficient (Wildman–Crippen LogP) is 2.79. The summed E-state index contributed by atoms with van der Waals surface area (Å²) >= 11 is 0. The Morgan fingerprint density at radius 1 is 1.36 bits per heavy atom. The first-order chi connectivity index (χ1) is 10.2. The molecule has 1 aliphatic carbocycles. The first kappa shape index (κ1) is 18.6. The molecule has 6 heteroatoms. The van der Waals surface area contributed by atoms with Crippen LogP contribution in [0.4, 0.5) is 0 Å². The number of aliphatic imine (C=N–C) groups is 1. The maximum absolute atomic E-state index is 10.1. The van der Waals surface area contributed by atoms with Crippen LogP contribution < -0.4 is 15.4 Å². The van der Waals surface area contributed by atoms with Gasteiger partial charge in [0.15, 0.2) is 17.5 Å². The molecule has 1 aromatic rings. The Morgan fingerprint density at radius 2 is 2.09 bits per heavy atom. The van der Waals surface area contributed by atoms with Crippen molar-refractivity contribution in [3.05, 3.63) is 35.9 Å². The average molecular weight is 417 g/mol. The Kier molecular flexibility index (Phi) is 8.08. The van der Waals surface area contributed by atoms with Crippen molar-refractivity contribution in [2.75, 3.05) is 13.7 Å². The van der Waals surface area contributed by atoms with Gasteiger partial charge in [0.1, 0.15) is 0 Å². The zero-order valence-corrected chi connectivity index (χ0v) is 15.3. The van der Waals surface area contributed by atoms with Gasteiger partial charge in [0.25, 0.3) is 0 Å². The molecule has 0 aliphatic heterocycles. The summed E-state index contributed by atoms with van der Waals surface area (Å²) in [5.74, 6) is 1.40. The molecule has 22 heavy (non-hydrogen) atoms. The van der Waals surface area contributed by atoms with E-state index in [9.17, 15) is 5.11 Å². The third kappa shape index (κ3) is 5.08. The van der Waals surface area contributed by atoms with Crippen molar-refractivity contribution in [3.8, 4) is 11.5 Å². The van der Waals surface area contributed by atoms with Crippen molar-refractivity contribution in [2.24, 2.45) is 4.99 Å². The molecule has 0 heterocycles. The Hall–Kier alpha value is -1.44. The van der Waals surface area contributed by atoms with E-state index in [1.807, 2.05) is 19.1 Å². The lowest BCUT2D eigenvalue weighted by Crippen LogP contribution is -2.42. The molecular weight excluding hydrogens is 393 g/mol. The van der Waals surface area contributed by atoms with Gasteiger partial charge in [0.05, 0.1) is 13.7 Å². The second-order valence-corrected chi connectivity index (χ2v) is 4.95. The molecule has 0 atom stereocenters. The summed E-state index contributed by atoms with van der Waals surface area (Å²) in [6, 6.07) is 5.84. The number of benzene rings is 1. The summed E-state index contributed by atoms with van der Waals surface area (Å²) < 4.78 is 5.11. The highest BCUT2D eigenvalue weighted by Gasteiger charge is 2.12. The van der Waals surface area contributed by atoms with Crippen LogP contribution >= 0.6 is 24.0 Å². The summed E-state index contributed by atoms with van der Waals surface area (Å²) in [6.45, 7) is 3.24. The zero-order chi connectivity index (χ0) is 15.1. The molecule has 0 amide bonds. The number of para-hydroxylation sites is 1. The van der Waals surface area contributed by atoms with E-state index in [1.54, 1.807) is 13.2 Å². The Balaban J connectivity index is 0.00000242. The van der Waals surface area contributed by atoms with Crippen molar-refractivity contribution in [1.82, 2.24) is 10.6 Å². The van der Waals surface area contributed by atoms with Crippen LogP contribution in [0, 0.1) is 0 Å². The minimum Gasteiger partial charge on any atom is -0.504 e. The summed E-state index contributed by atoms with van der Waals surface area (Å²) in [7, 11) is 1.54. The molecule has 0 aromatic heterocycles. The van der Waals surface area contributed by atoms with Crippen LogP contribution in [0.3, 0.4) is 0 Å². The molecule has 1 aromatic carbocycles. The number of ether oxygens (including phenoxy) is 1. The summed E-state index contributed by atoms with van der Waals surface area (Å²) in [4.78, 5) is 4.53. The van der Waals surface area contributed by atoms with Crippen molar-refractivity contribution < 1.29 is 9.84 Å². The first-order valence-corrected chi connectivity index (χ1v) is 7.29. The number of nitrogens with zero attached hydrogens (tertiary/aromatic N) is 1. The van der Waals surface area contributed by atoms with Gasteiger partial charge in [-0.1, -0.05) is 24.3 Å². The average Bonchev–Trinajstić information content (AvgIpc) is 2.99. The van der Waals surface area contributed by atoms with Crippen molar-refractivity contribution in [1.29, 1.82) is 0 Å². The van der Waals surface area contributed by atoms with Crippen LogP contribution in [0.15, 0.2) is 35.3 Å². The molecule has 0 fully saturated rings. The number of guanidine groups is 1. The van der Waals surface area contributed by atoms with Gasteiger partial charge < -0.3 is 20.5 Å². The second kappa shape index (κ2) is 9.55. The van der Waals surface area contributed by atoms with Crippen LogP contribution in [0.2, 0.25) is 0 Å². The fourth-order valence-electron chi connectivity index (χ4n) is 2.27. The maximum atomic E-state index is 10.1. The van der Waals surface area contributed by atoms with Crippen molar-refractivity contribution in [3.63, 3.8) is 0 Å². The monoisotopic (exact) mass is 417 g/mol. The largest absolute Gasteiger partial charge is 0.504 e. The van der Waals surface area contributed by atoms with Crippen LogP contribution in [0.5, 0.6) is 11.5 Å². The highest BCUT2D eigenvalue weighted by Crippen LogP contribution is 2.29.